The molecule has 1 aliphatic rings. The van der Waals surface area contributed by atoms with Gasteiger partial charge >= 0.3 is 34.2 Å². The fourth-order valence-corrected chi connectivity index (χ4v) is 9.76. The third-order valence-corrected chi connectivity index (χ3v) is 13.8. The zero-order chi connectivity index (χ0) is 64.3. The summed E-state index contributed by atoms with van der Waals surface area (Å²) in [6, 6.07) is 18.4. The van der Waals surface area contributed by atoms with E-state index in [1.54, 1.807) is 53.9 Å². The average molecular weight is 1340 g/mol. The number of halogens is 6. The van der Waals surface area contributed by atoms with E-state index in [1.165, 1.54) is 16.5 Å². The van der Waals surface area contributed by atoms with Crippen LogP contribution in [0.1, 0.15) is 38.4 Å². The number of hydrogen-bond donors (Lipinski definition) is 15. The minimum absolute atomic E-state index is 0.0172. The molecule has 15 N–H and O–H groups in total. The van der Waals surface area contributed by atoms with Gasteiger partial charge in [-0.2, -0.15) is 21.6 Å². The number of nitrogens with one attached hydrogen (secondary N) is 11. The summed E-state index contributed by atoms with van der Waals surface area (Å²) in [7, 11) is -8.63. The van der Waals surface area contributed by atoms with Gasteiger partial charge in [0, 0.05) is 93.6 Å². The van der Waals surface area contributed by atoms with E-state index in [9.17, 15) is 63.6 Å². The first-order valence-corrected chi connectivity index (χ1v) is 29.7. The van der Waals surface area contributed by atoms with Crippen molar-refractivity contribution in [3.05, 3.63) is 178 Å². The van der Waals surface area contributed by atoms with Crippen LogP contribution in [0, 0.1) is 0 Å². The van der Waals surface area contributed by atoms with Crippen LogP contribution in [0.3, 0.4) is 0 Å². The highest BCUT2D eigenvalue weighted by molar-refractivity contribution is 7.98. The predicted octanol–water partition coefficient (Wildman–Crippen LogP) is 3.58. The van der Waals surface area contributed by atoms with E-state index in [0.717, 1.165) is 72.1 Å². The molecule has 87 heavy (non-hydrogen) atoms. The van der Waals surface area contributed by atoms with Gasteiger partial charge in [0.05, 0.1) is 30.0 Å². The number of urea groups is 1. The van der Waals surface area contributed by atoms with Gasteiger partial charge in [-0.1, -0.05) is 58.7 Å². The lowest BCUT2D eigenvalue weighted by molar-refractivity contribution is -0.137. The van der Waals surface area contributed by atoms with Crippen LogP contribution in [0.5, 0.6) is 0 Å². The van der Waals surface area contributed by atoms with Crippen LogP contribution in [-0.4, -0.2) is 142 Å². The number of rotatable bonds is 21. The number of imide groups is 1. The van der Waals surface area contributed by atoms with Crippen molar-refractivity contribution >= 4 is 119 Å². The number of carboxylic acids is 1. The Morgan fingerprint density at radius 3 is 2.11 bits per heavy atom. The van der Waals surface area contributed by atoms with Gasteiger partial charge < -0.3 is 41.2 Å². The topological polar surface area (TPSA) is 451 Å². The largest absolute Gasteiger partial charge is 0.477 e. The highest BCUT2D eigenvalue weighted by atomic mass is 35.5. The molecule has 468 valence electrons. The van der Waals surface area contributed by atoms with Crippen molar-refractivity contribution in [2.24, 2.45) is 0 Å². The van der Waals surface area contributed by atoms with Crippen molar-refractivity contribution in [1.82, 2.24) is 56.7 Å². The Kier molecular flexibility index (Phi) is 28.5. The van der Waals surface area contributed by atoms with E-state index < -0.39 is 84.3 Å². The zero-order valence-electron chi connectivity index (χ0n) is 44.4. The second-order valence-corrected chi connectivity index (χ2v) is 22.1. The number of sulfonamides is 1. The molecule has 0 aliphatic carbocycles. The quantitative estimate of drug-likeness (QED) is 0.0122. The Bertz CT molecular complexity index is 3900. The van der Waals surface area contributed by atoms with Gasteiger partial charge in [-0.3, -0.25) is 58.9 Å². The number of aromatic amines is 3. The number of amides is 4. The summed E-state index contributed by atoms with van der Waals surface area (Å²) in [6.07, 6.45) is 2.08. The maximum atomic E-state index is 12.5. The van der Waals surface area contributed by atoms with E-state index in [0.29, 0.717) is 45.5 Å². The van der Waals surface area contributed by atoms with E-state index in [1.807, 2.05) is 39.3 Å². The number of benzene rings is 3. The molecule has 8 rings (SSSR count). The number of fused-ring (bicyclic) bond motifs is 1. The second-order valence-electron chi connectivity index (χ2n) is 16.9. The van der Waals surface area contributed by atoms with Gasteiger partial charge in [0.2, 0.25) is 10.0 Å². The number of aromatic nitrogens is 6. The molecule has 4 aromatic heterocycles. The smallest absolute Gasteiger partial charge is 0.416 e. The van der Waals surface area contributed by atoms with Crippen molar-refractivity contribution < 1.29 is 69.1 Å². The van der Waals surface area contributed by atoms with E-state index in [4.69, 9.17) is 54.7 Å². The highest BCUT2D eigenvalue weighted by Gasteiger charge is 2.34. The van der Waals surface area contributed by atoms with Crippen LogP contribution in [0.15, 0.2) is 129 Å². The normalized spacial score (nSPS) is 12.6. The first-order valence-electron chi connectivity index (χ1n) is 24.5. The number of carbonyl (C=O) groups is 4. The zero-order valence-corrected chi connectivity index (χ0v) is 49.2. The van der Waals surface area contributed by atoms with Gasteiger partial charge in [-0.05, 0) is 85.3 Å². The Morgan fingerprint density at radius 1 is 0.782 bits per heavy atom. The molecule has 4 amide bonds. The van der Waals surface area contributed by atoms with Crippen LogP contribution < -0.4 is 58.4 Å². The van der Waals surface area contributed by atoms with Gasteiger partial charge in [0.1, 0.15) is 11.7 Å². The van der Waals surface area contributed by atoms with Crippen molar-refractivity contribution in [3.63, 3.8) is 0 Å². The van der Waals surface area contributed by atoms with Crippen LogP contribution in [0.2, 0.25) is 15.1 Å². The molecule has 1 unspecified atom stereocenters. The minimum atomic E-state index is -4.61. The Balaban J connectivity index is 0.000000236. The number of aliphatic hydroxyl groups is 2. The highest BCUT2D eigenvalue weighted by Crippen LogP contribution is 2.31. The Labute approximate surface area is 509 Å². The maximum absolute atomic E-state index is 12.5. The average Bonchev–Trinajstić information content (AvgIpc) is 3.14. The number of aliphatic hydroxyl groups excluding tert-OH is 2. The molecule has 0 saturated carbocycles. The van der Waals surface area contributed by atoms with Crippen molar-refractivity contribution in [1.29, 1.82) is 0 Å². The molecule has 1 aliphatic heterocycles. The lowest BCUT2D eigenvalue weighted by Gasteiger charge is -2.12. The van der Waals surface area contributed by atoms with Gasteiger partial charge in [0.15, 0.2) is 10.9 Å². The van der Waals surface area contributed by atoms with E-state index in [2.05, 4.69) is 46.7 Å². The summed E-state index contributed by atoms with van der Waals surface area (Å²) >= 11 is 19.0. The SMILES string of the molecule is O=C(NNCCO)c1ccncc1.O=C(O)c1cc(=O)[nH]c(SCc2ccc(Cl)cc2Cl)n1.O=C1NC(=O)C(CS(=O)(=O)Nc2cccc(C(F)(F)F)c2)N1.O=c1[nH]cc(NS(=O)(=O)O)c(=O)[nH]1.OCCNCCCNc1ccnc2cc(Cl)ccc12. The molecule has 1 saturated heterocycles. The third kappa shape index (κ3) is 26.5. The monoisotopic (exact) mass is 1330 g/mol. The molecule has 38 heteroatoms. The fourth-order valence-electron chi connectivity index (χ4n) is 6.49. The summed E-state index contributed by atoms with van der Waals surface area (Å²) in [5, 5.41) is 39.4. The minimum Gasteiger partial charge on any atom is -0.477 e. The number of nitrogens with zero attached hydrogens (tertiary/aromatic N) is 3. The lowest BCUT2D eigenvalue weighted by atomic mass is 10.2. The standard InChI is InChI=1S/C14H18ClN3O.C12H8Cl2N2O3S.C11H10F3N3O4S.C8H11N3O2.C4H5N3O5S/c15-11-2-3-12-13(4-7-18-14(12)10-11)17-6-1-5-16-8-9-19;13-7-2-1-6(8(14)3-7)5-20-12-15-9(11(18)19)4-10(17)16-12;12-11(13,14)6-2-1-3-7(4-6)17-22(20,21)5-8-9(18)16-10(19)15-8;12-6-5-10-11-8(13)7-1-3-9-4-2-7;8-3-2(7-13(10,11)12)1-5-4(9)6-3/h2-4,7,10,16,19H,1,5-6,8-9H2,(H,17,18);1-4H,5H2,(H,18,19)(H,15,16,17);1-4,8,17H,5H2,(H2,15,16,18,19);1-4,10,12H,5-6H2,(H,11,13);1,7H,(H,10,11,12)(H2,5,6,8,9). The third-order valence-electron chi connectivity index (χ3n) is 10.3. The maximum Gasteiger partial charge on any atom is 0.416 e. The molecule has 0 spiro atoms. The Morgan fingerprint density at radius 2 is 1.48 bits per heavy atom. The summed E-state index contributed by atoms with van der Waals surface area (Å²) in [5.41, 5.74) is 4.00. The first-order chi connectivity index (χ1) is 41.1. The molecule has 5 heterocycles. The van der Waals surface area contributed by atoms with Crippen molar-refractivity contribution in [2.45, 2.75) is 29.5 Å². The summed E-state index contributed by atoms with van der Waals surface area (Å²) in [5.74, 6) is -2.67. The number of carboxylic acid groups (broad SMARTS) is 1. The van der Waals surface area contributed by atoms with Gasteiger partial charge in [-0.25, -0.2) is 33.2 Å². The molecule has 7 aromatic rings. The van der Waals surface area contributed by atoms with Crippen LogP contribution in [0.4, 0.5) is 35.0 Å². The first kappa shape index (κ1) is 71.3. The number of thioether (sulfide) groups is 1. The van der Waals surface area contributed by atoms with E-state index >= 15 is 0 Å². The fraction of sp³-hybridized carbons (Fsp3) is 0.224. The number of hydrogen-bond acceptors (Lipinski definition) is 20. The summed E-state index contributed by atoms with van der Waals surface area (Å²) in [4.78, 5) is 94.9. The predicted molar refractivity (Wildman–Crippen MR) is 317 cm³/mol. The molecular formula is C49H52Cl3F3N14O15S3. The van der Waals surface area contributed by atoms with Gasteiger partial charge in [-0.15, -0.1) is 0 Å². The molecule has 0 bridgehead atoms. The van der Waals surface area contributed by atoms with E-state index in [-0.39, 0.29) is 35.7 Å². The number of carbonyl (C=O) groups excluding carboxylic acids is 3. The molecule has 29 nitrogen and oxygen atoms in total. The molecule has 1 fully saturated rings. The molecule has 3 aromatic carbocycles. The van der Waals surface area contributed by atoms with Crippen LogP contribution in [-0.2, 0) is 37.1 Å². The molecular weight excluding hydrogens is 1280 g/mol. The van der Waals surface area contributed by atoms with Crippen molar-refractivity contribution in [2.75, 3.05) is 59.9 Å². The number of H-pyrrole nitrogens is 3. The van der Waals surface area contributed by atoms with Gasteiger partial charge in [0.25, 0.3) is 22.9 Å². The summed E-state index contributed by atoms with van der Waals surface area (Å²) in [6.45, 7) is 2.91. The summed E-state index contributed by atoms with van der Waals surface area (Å²) < 4.78 is 93.5. The number of anilines is 3. The number of hydrazine groups is 1. The van der Waals surface area contributed by atoms with Crippen LogP contribution in [0.25, 0.3) is 10.9 Å². The number of alkyl halides is 3. The number of aromatic carboxylic acids is 1. The lowest BCUT2D eigenvalue weighted by Crippen LogP contribution is -2.38. The van der Waals surface area contributed by atoms with Crippen LogP contribution >= 0.6 is 46.6 Å². The van der Waals surface area contributed by atoms with Crippen molar-refractivity contribution in [3.8, 4) is 0 Å². The molecule has 1 atom stereocenters. The molecule has 0 radical (unpaired) electrons. The number of pyridine rings is 2. The Hall–Kier alpha value is -8.23. The second kappa shape index (κ2) is 34.8.